The Kier molecular flexibility index (Phi) is 10.5. The molecular weight excluding hydrogens is 494 g/mol. The van der Waals surface area contributed by atoms with E-state index in [4.69, 9.17) is 4.74 Å². The van der Waals surface area contributed by atoms with Gasteiger partial charge in [-0.3, -0.25) is 19.2 Å². The van der Waals surface area contributed by atoms with E-state index in [9.17, 15) is 22.6 Å². The van der Waals surface area contributed by atoms with Crippen LogP contribution in [-0.4, -0.2) is 28.7 Å². The molecule has 0 saturated carbocycles. The molecule has 1 heterocycles. The Hall–Kier alpha value is -3.37. The minimum atomic E-state index is -4.66. The Bertz CT molecular complexity index is 1320. The first-order valence-electron chi connectivity index (χ1n) is 12.7. The van der Waals surface area contributed by atoms with Gasteiger partial charge >= 0.3 is 0 Å². The fraction of sp³-hybridized carbons (Fsp3) is 0.407. The van der Waals surface area contributed by atoms with Gasteiger partial charge in [0.1, 0.15) is 22.2 Å². The molecule has 3 rings (SSSR count). The second kappa shape index (κ2) is 13.8. The Balaban J connectivity index is 1.59. The van der Waals surface area contributed by atoms with Crippen LogP contribution in [0.4, 0.5) is 5.82 Å². The van der Waals surface area contributed by atoms with Crippen LogP contribution < -0.4 is 15.6 Å². The van der Waals surface area contributed by atoms with E-state index in [0.717, 1.165) is 30.0 Å². The van der Waals surface area contributed by atoms with Gasteiger partial charge < -0.3 is 10.1 Å². The molecule has 200 valence electrons. The maximum Gasteiger partial charge on any atom is 0.298 e. The van der Waals surface area contributed by atoms with Gasteiger partial charge in [0, 0.05) is 12.5 Å². The van der Waals surface area contributed by atoms with E-state index in [1.807, 2.05) is 0 Å². The van der Waals surface area contributed by atoms with Crippen molar-refractivity contribution in [1.82, 2.24) is 9.78 Å². The topological polar surface area (TPSA) is 130 Å². The van der Waals surface area contributed by atoms with E-state index >= 15 is 0 Å². The number of anilines is 1. The standard InChI is InChI=1S/C27H35N3O6S/c1-2-3-4-5-6-7-8-9-13-16-26(31)28-25-20-27(32)30(29-25)21-17-18-23(24(19-21)37(33,34)35)36-22-14-11-10-12-15-22/h10-12,14-15,17-20,29H,2-9,13,16H2,1H3,(H,28,31)(H,33,34,35). The second-order valence-electron chi connectivity index (χ2n) is 8.99. The van der Waals surface area contributed by atoms with Crippen molar-refractivity contribution in [1.29, 1.82) is 0 Å². The van der Waals surface area contributed by atoms with Crippen molar-refractivity contribution in [3.8, 4) is 17.2 Å². The lowest BCUT2D eigenvalue weighted by atomic mass is 10.1. The third-order valence-corrected chi connectivity index (χ3v) is 6.81. The number of nitrogens with one attached hydrogen (secondary N) is 2. The third kappa shape index (κ3) is 8.91. The van der Waals surface area contributed by atoms with Gasteiger partial charge in [0.2, 0.25) is 5.91 Å². The molecule has 1 amide bonds. The summed E-state index contributed by atoms with van der Waals surface area (Å²) in [5.41, 5.74) is -0.353. The number of carbonyl (C=O) groups excluding carboxylic acids is 1. The van der Waals surface area contributed by atoms with Crippen molar-refractivity contribution >= 4 is 21.8 Å². The number of benzene rings is 2. The number of ether oxygens (including phenoxy) is 1. The molecule has 0 aliphatic rings. The van der Waals surface area contributed by atoms with Crippen LogP contribution in [0.2, 0.25) is 0 Å². The molecule has 0 spiro atoms. The highest BCUT2D eigenvalue weighted by Gasteiger charge is 2.20. The number of rotatable bonds is 15. The zero-order valence-corrected chi connectivity index (χ0v) is 21.9. The number of aromatic amines is 1. The maximum absolute atomic E-state index is 12.5. The van der Waals surface area contributed by atoms with Crippen molar-refractivity contribution in [2.24, 2.45) is 0 Å². The molecule has 37 heavy (non-hydrogen) atoms. The molecule has 9 nitrogen and oxygen atoms in total. The summed E-state index contributed by atoms with van der Waals surface area (Å²) >= 11 is 0. The number of H-pyrrole nitrogens is 1. The van der Waals surface area contributed by atoms with Gasteiger partial charge in [-0.2, -0.15) is 8.42 Å². The van der Waals surface area contributed by atoms with E-state index in [1.54, 1.807) is 30.3 Å². The Morgan fingerprint density at radius 1 is 0.946 bits per heavy atom. The van der Waals surface area contributed by atoms with Gasteiger partial charge in [-0.25, -0.2) is 4.68 Å². The Morgan fingerprint density at radius 2 is 1.59 bits per heavy atom. The number of aromatic nitrogens is 2. The molecule has 0 aliphatic carbocycles. The minimum Gasteiger partial charge on any atom is -0.456 e. The minimum absolute atomic E-state index is 0.0912. The van der Waals surface area contributed by atoms with E-state index in [0.29, 0.717) is 12.2 Å². The monoisotopic (exact) mass is 529 g/mol. The molecule has 2 aromatic carbocycles. The van der Waals surface area contributed by atoms with Gasteiger partial charge in [0.25, 0.3) is 15.7 Å². The summed E-state index contributed by atoms with van der Waals surface area (Å²) in [6.07, 6.45) is 10.7. The van der Waals surface area contributed by atoms with E-state index in [1.165, 1.54) is 56.7 Å². The van der Waals surface area contributed by atoms with Crippen LogP contribution in [-0.2, 0) is 14.9 Å². The summed E-state index contributed by atoms with van der Waals surface area (Å²) < 4.78 is 40.4. The SMILES string of the molecule is CCCCCCCCCCCC(=O)Nc1cc(=O)n(-c2ccc(Oc3ccccc3)c(S(=O)(=O)O)c2)[nH]1. The van der Waals surface area contributed by atoms with Crippen molar-refractivity contribution in [3.63, 3.8) is 0 Å². The van der Waals surface area contributed by atoms with Crippen LogP contribution in [0.25, 0.3) is 5.69 Å². The number of para-hydroxylation sites is 1. The Morgan fingerprint density at radius 3 is 2.24 bits per heavy atom. The van der Waals surface area contributed by atoms with Crippen LogP contribution in [0.5, 0.6) is 11.5 Å². The fourth-order valence-electron chi connectivity index (χ4n) is 4.00. The average molecular weight is 530 g/mol. The van der Waals surface area contributed by atoms with Gasteiger partial charge in [-0.1, -0.05) is 76.5 Å². The third-order valence-electron chi connectivity index (χ3n) is 5.94. The molecule has 10 heteroatoms. The summed E-state index contributed by atoms with van der Waals surface area (Å²) in [7, 11) is -4.66. The summed E-state index contributed by atoms with van der Waals surface area (Å²) in [6, 6.07) is 13.7. The second-order valence-corrected chi connectivity index (χ2v) is 10.4. The summed E-state index contributed by atoms with van der Waals surface area (Å²) in [5, 5.41) is 5.45. The number of unbranched alkanes of at least 4 members (excludes halogenated alkanes) is 8. The zero-order valence-electron chi connectivity index (χ0n) is 21.1. The first-order chi connectivity index (χ1) is 17.8. The fourth-order valence-corrected chi connectivity index (χ4v) is 4.63. The largest absolute Gasteiger partial charge is 0.456 e. The van der Waals surface area contributed by atoms with Crippen LogP contribution in [0.1, 0.15) is 71.1 Å². The number of carbonyl (C=O) groups is 1. The molecule has 0 unspecified atom stereocenters. The number of amides is 1. The molecule has 0 saturated heterocycles. The lowest BCUT2D eigenvalue weighted by molar-refractivity contribution is -0.116. The van der Waals surface area contributed by atoms with E-state index in [2.05, 4.69) is 17.3 Å². The number of nitrogens with zero attached hydrogens (tertiary/aromatic N) is 1. The summed E-state index contributed by atoms with van der Waals surface area (Å²) in [5.74, 6) is 0.284. The van der Waals surface area contributed by atoms with Crippen molar-refractivity contribution in [2.45, 2.75) is 76.0 Å². The van der Waals surface area contributed by atoms with Crippen molar-refractivity contribution in [3.05, 3.63) is 65.0 Å². The molecule has 1 aromatic heterocycles. The van der Waals surface area contributed by atoms with Crippen LogP contribution in [0, 0.1) is 0 Å². The summed E-state index contributed by atoms with van der Waals surface area (Å²) in [6.45, 7) is 2.20. The normalized spacial score (nSPS) is 11.4. The highest BCUT2D eigenvalue weighted by molar-refractivity contribution is 7.86. The van der Waals surface area contributed by atoms with E-state index in [-0.39, 0.29) is 23.2 Å². The average Bonchev–Trinajstić information content (AvgIpc) is 3.22. The molecule has 0 aliphatic heterocycles. The molecule has 0 atom stereocenters. The zero-order chi connectivity index (χ0) is 26.7. The van der Waals surface area contributed by atoms with Crippen molar-refractivity contribution in [2.75, 3.05) is 5.32 Å². The van der Waals surface area contributed by atoms with Gasteiger partial charge in [-0.05, 0) is 36.8 Å². The van der Waals surface area contributed by atoms with Gasteiger partial charge in [0.05, 0.1) is 5.69 Å². The van der Waals surface area contributed by atoms with E-state index < -0.39 is 20.6 Å². The molecule has 0 bridgehead atoms. The molecule has 0 radical (unpaired) electrons. The molecule has 3 aromatic rings. The van der Waals surface area contributed by atoms with Crippen LogP contribution >= 0.6 is 0 Å². The first kappa shape index (κ1) is 28.2. The quantitative estimate of drug-likeness (QED) is 0.162. The predicted octanol–water partition coefficient (Wildman–Crippen LogP) is 6.06. The molecule has 3 N–H and O–H groups in total. The lowest BCUT2D eigenvalue weighted by Crippen LogP contribution is -2.14. The van der Waals surface area contributed by atoms with Crippen molar-refractivity contribution < 1.29 is 22.5 Å². The number of hydrogen-bond acceptors (Lipinski definition) is 5. The maximum atomic E-state index is 12.5. The summed E-state index contributed by atoms with van der Waals surface area (Å²) in [4.78, 5) is 24.3. The number of hydrogen-bond donors (Lipinski definition) is 3. The smallest absolute Gasteiger partial charge is 0.298 e. The highest BCUT2D eigenvalue weighted by atomic mass is 32.2. The first-order valence-corrected chi connectivity index (χ1v) is 14.2. The molecular formula is C27H35N3O6S. The Labute approximate surface area is 217 Å². The predicted molar refractivity (Wildman–Crippen MR) is 143 cm³/mol. The highest BCUT2D eigenvalue weighted by Crippen LogP contribution is 2.30. The van der Waals surface area contributed by atoms with Gasteiger partial charge in [0.15, 0.2) is 0 Å². The van der Waals surface area contributed by atoms with Crippen LogP contribution in [0.3, 0.4) is 0 Å². The van der Waals surface area contributed by atoms with Crippen LogP contribution in [0.15, 0.2) is 64.3 Å². The van der Waals surface area contributed by atoms with Gasteiger partial charge in [-0.15, -0.1) is 0 Å². The molecule has 0 fully saturated rings. The lowest BCUT2D eigenvalue weighted by Gasteiger charge is -2.11.